The van der Waals surface area contributed by atoms with Gasteiger partial charge in [-0.15, -0.1) is 25.6 Å². The Bertz CT molecular complexity index is 760. The summed E-state index contributed by atoms with van der Waals surface area (Å²) in [5.41, 5.74) is 4.09. The minimum absolute atomic E-state index is 0. The fraction of sp³-hybridized carbons (Fsp3) is 0.200. The van der Waals surface area contributed by atoms with Crippen LogP contribution in [0.5, 0.6) is 5.75 Å². The lowest BCUT2D eigenvalue weighted by molar-refractivity contribution is -0.274. The van der Waals surface area contributed by atoms with Crippen LogP contribution in [0.3, 0.4) is 0 Å². The van der Waals surface area contributed by atoms with Gasteiger partial charge in [0.05, 0.1) is 16.6 Å². The zero-order chi connectivity index (χ0) is 19.0. The van der Waals surface area contributed by atoms with Gasteiger partial charge in [-0.25, -0.2) is 4.39 Å². The highest BCUT2D eigenvalue weighted by molar-refractivity contribution is 6.30. The van der Waals surface area contributed by atoms with Crippen LogP contribution in [0.1, 0.15) is 22.7 Å². The van der Waals surface area contributed by atoms with E-state index in [4.69, 9.17) is 17.3 Å². The maximum absolute atomic E-state index is 14.1. The van der Waals surface area contributed by atoms with Gasteiger partial charge in [-0.2, -0.15) is 13.2 Å². The minimum atomic E-state index is -4.90. The Morgan fingerprint density at radius 3 is 1.96 bits per heavy atom. The average Bonchev–Trinajstić information content (AvgIpc) is 2.47. The number of nitrogens with two attached hydrogens (primary N) is 1. The molecule has 0 spiro atoms. The van der Waals surface area contributed by atoms with Crippen molar-refractivity contribution in [3.8, 4) is 5.75 Å². The topological polar surface area (TPSA) is 35.2 Å². The van der Waals surface area contributed by atoms with E-state index in [1.54, 1.807) is 0 Å². The molecule has 0 saturated heterocycles. The third-order valence-electron chi connectivity index (χ3n) is 3.19. The van der Waals surface area contributed by atoms with E-state index in [1.165, 1.54) is 0 Å². The summed E-state index contributed by atoms with van der Waals surface area (Å²) in [7, 11) is 0. The molecule has 2 aromatic carbocycles. The number of hydrogen-bond acceptors (Lipinski definition) is 2. The smallest absolute Gasteiger partial charge is 0.406 e. The molecular weight excluding hydrogens is 414 g/mol. The average molecular weight is 424 g/mol. The fourth-order valence-electron chi connectivity index (χ4n) is 2.06. The Morgan fingerprint density at radius 1 is 0.962 bits per heavy atom. The first-order valence-corrected chi connectivity index (χ1v) is 6.93. The van der Waals surface area contributed by atoms with Gasteiger partial charge in [0.25, 0.3) is 0 Å². The molecule has 2 rings (SSSR count). The SMILES string of the molecule is Cl.N[C@H](c1ccc(OC(F)(F)F)cc1)c1cc(C(F)(F)F)cc(Cl)c1F. The van der Waals surface area contributed by atoms with E-state index in [9.17, 15) is 30.7 Å². The highest BCUT2D eigenvalue weighted by Gasteiger charge is 2.33. The molecule has 0 heterocycles. The second kappa shape index (κ2) is 7.89. The number of benzene rings is 2. The van der Waals surface area contributed by atoms with Gasteiger partial charge in [0.15, 0.2) is 0 Å². The van der Waals surface area contributed by atoms with Crippen LogP contribution >= 0.6 is 24.0 Å². The number of rotatable bonds is 3. The number of ether oxygens (including phenoxy) is 1. The predicted molar refractivity (Wildman–Crippen MR) is 82.8 cm³/mol. The molecule has 144 valence electrons. The highest BCUT2D eigenvalue weighted by Crippen LogP contribution is 2.36. The largest absolute Gasteiger partial charge is 0.573 e. The van der Waals surface area contributed by atoms with Gasteiger partial charge in [-0.1, -0.05) is 23.7 Å². The Morgan fingerprint density at radius 2 is 1.50 bits per heavy atom. The molecule has 0 radical (unpaired) electrons. The van der Waals surface area contributed by atoms with Crippen LogP contribution in [0.15, 0.2) is 36.4 Å². The Labute approximate surface area is 154 Å². The van der Waals surface area contributed by atoms with Crippen molar-refractivity contribution in [3.05, 3.63) is 63.9 Å². The van der Waals surface area contributed by atoms with Gasteiger partial charge in [0.2, 0.25) is 0 Å². The summed E-state index contributed by atoms with van der Waals surface area (Å²) in [5.74, 6) is -1.69. The summed E-state index contributed by atoms with van der Waals surface area (Å²) in [6, 6.07) is 3.55. The van der Waals surface area contributed by atoms with E-state index in [0.29, 0.717) is 12.1 Å². The first-order chi connectivity index (χ1) is 11.4. The second-order valence-corrected chi connectivity index (χ2v) is 5.36. The lowest BCUT2D eigenvalue weighted by atomic mass is 9.97. The molecule has 0 fully saturated rings. The van der Waals surface area contributed by atoms with E-state index in [1.807, 2.05) is 0 Å². The summed E-state index contributed by atoms with van der Waals surface area (Å²) in [6.07, 6.45) is -9.67. The number of halogens is 9. The van der Waals surface area contributed by atoms with Crippen LogP contribution in [0.4, 0.5) is 30.7 Å². The summed E-state index contributed by atoms with van der Waals surface area (Å²) in [5, 5.41) is -0.766. The molecular formula is C15H10Cl2F7NO. The van der Waals surface area contributed by atoms with Crippen LogP contribution in [0.2, 0.25) is 5.02 Å². The first kappa shape index (κ1) is 22.3. The van der Waals surface area contributed by atoms with Crippen molar-refractivity contribution in [2.75, 3.05) is 0 Å². The number of alkyl halides is 6. The molecule has 0 aliphatic heterocycles. The Hall–Kier alpha value is -1.71. The second-order valence-electron chi connectivity index (χ2n) is 4.95. The van der Waals surface area contributed by atoms with E-state index >= 15 is 0 Å². The van der Waals surface area contributed by atoms with Crippen molar-refractivity contribution in [1.29, 1.82) is 0 Å². The zero-order valence-electron chi connectivity index (χ0n) is 12.5. The van der Waals surface area contributed by atoms with Gasteiger partial charge in [0, 0.05) is 5.56 Å². The van der Waals surface area contributed by atoms with Crippen LogP contribution in [-0.4, -0.2) is 6.36 Å². The van der Waals surface area contributed by atoms with Gasteiger partial charge in [-0.05, 0) is 29.8 Å². The van der Waals surface area contributed by atoms with E-state index in [2.05, 4.69) is 4.74 Å². The Kier molecular flexibility index (Phi) is 6.78. The minimum Gasteiger partial charge on any atom is -0.406 e. The maximum Gasteiger partial charge on any atom is 0.573 e. The van der Waals surface area contributed by atoms with Crippen molar-refractivity contribution >= 4 is 24.0 Å². The van der Waals surface area contributed by atoms with Gasteiger partial charge >= 0.3 is 12.5 Å². The molecule has 0 aromatic heterocycles. The fourth-order valence-corrected chi connectivity index (χ4v) is 2.28. The van der Waals surface area contributed by atoms with Gasteiger partial charge < -0.3 is 10.5 Å². The third kappa shape index (κ3) is 5.39. The molecule has 11 heteroatoms. The van der Waals surface area contributed by atoms with E-state index in [-0.39, 0.29) is 18.0 Å². The van der Waals surface area contributed by atoms with Crippen LogP contribution in [-0.2, 0) is 6.18 Å². The van der Waals surface area contributed by atoms with Crippen LogP contribution in [0.25, 0.3) is 0 Å². The zero-order valence-corrected chi connectivity index (χ0v) is 14.0. The normalized spacial score (nSPS) is 13.1. The van der Waals surface area contributed by atoms with Crippen molar-refractivity contribution in [2.45, 2.75) is 18.6 Å². The molecule has 0 unspecified atom stereocenters. The Balaban J connectivity index is 0.00000338. The van der Waals surface area contributed by atoms with Gasteiger partial charge in [0.1, 0.15) is 11.6 Å². The molecule has 0 aliphatic carbocycles. The molecule has 0 aliphatic rings. The molecule has 0 saturated carbocycles. The molecule has 2 nitrogen and oxygen atoms in total. The van der Waals surface area contributed by atoms with E-state index in [0.717, 1.165) is 24.3 Å². The highest BCUT2D eigenvalue weighted by atomic mass is 35.5. The van der Waals surface area contributed by atoms with E-state index < -0.39 is 46.3 Å². The van der Waals surface area contributed by atoms with Crippen molar-refractivity contribution < 1.29 is 35.5 Å². The van der Waals surface area contributed by atoms with Crippen molar-refractivity contribution in [3.63, 3.8) is 0 Å². The lowest BCUT2D eigenvalue weighted by Crippen LogP contribution is -2.18. The molecule has 2 N–H and O–H groups in total. The maximum atomic E-state index is 14.1. The molecule has 1 atom stereocenters. The quantitative estimate of drug-likeness (QED) is 0.626. The van der Waals surface area contributed by atoms with Crippen LogP contribution in [0, 0.1) is 5.82 Å². The summed E-state index contributed by atoms with van der Waals surface area (Å²) < 4.78 is 92.5. The summed E-state index contributed by atoms with van der Waals surface area (Å²) in [4.78, 5) is 0. The monoisotopic (exact) mass is 423 g/mol. The number of hydrogen-bond donors (Lipinski definition) is 1. The van der Waals surface area contributed by atoms with Crippen molar-refractivity contribution in [2.24, 2.45) is 5.73 Å². The van der Waals surface area contributed by atoms with Crippen LogP contribution < -0.4 is 10.5 Å². The summed E-state index contributed by atoms with van der Waals surface area (Å²) >= 11 is 5.48. The lowest BCUT2D eigenvalue weighted by Gasteiger charge is -2.17. The molecule has 2 aromatic rings. The molecule has 26 heavy (non-hydrogen) atoms. The van der Waals surface area contributed by atoms with Crippen molar-refractivity contribution in [1.82, 2.24) is 0 Å². The molecule has 0 amide bonds. The summed E-state index contributed by atoms with van der Waals surface area (Å²) in [6.45, 7) is 0. The standard InChI is InChI=1S/C15H9ClF7NO.ClH/c16-11-6-8(14(18,19)20)5-10(12(11)17)13(24)7-1-3-9(4-2-7)25-15(21,22)23;/h1-6,13H,24H2;1H/t13-;/m1./s1. The predicted octanol–water partition coefficient (Wildman–Crippen LogP) is 5.87. The molecule has 0 bridgehead atoms. The first-order valence-electron chi connectivity index (χ1n) is 6.56. The third-order valence-corrected chi connectivity index (χ3v) is 3.47. The van der Waals surface area contributed by atoms with Gasteiger partial charge in [-0.3, -0.25) is 0 Å².